The van der Waals surface area contributed by atoms with Crippen molar-refractivity contribution in [3.63, 3.8) is 0 Å². The highest BCUT2D eigenvalue weighted by Gasteiger charge is 2.26. The molecule has 9 nitrogen and oxygen atoms in total. The van der Waals surface area contributed by atoms with Gasteiger partial charge in [-0.05, 0) is 32.9 Å². The van der Waals surface area contributed by atoms with E-state index < -0.39 is 39.4 Å². The Balaban J connectivity index is 3.35. The van der Waals surface area contributed by atoms with E-state index in [1.54, 1.807) is 20.8 Å². The fourth-order valence-corrected chi connectivity index (χ4v) is 2.93. The summed E-state index contributed by atoms with van der Waals surface area (Å²) in [7, 11) is -4.11. The molecule has 2 amide bonds. The number of rotatable bonds is 4. The maximum atomic E-state index is 13.9. The molecule has 1 aromatic rings. The minimum atomic E-state index is -4.11. The van der Waals surface area contributed by atoms with E-state index in [1.807, 2.05) is 0 Å². The number of carboxylic acid groups (broad SMARTS) is 2. The Hall–Kier alpha value is -2.24. The molecule has 25 heavy (non-hydrogen) atoms. The van der Waals surface area contributed by atoms with Crippen LogP contribution in [0.25, 0.3) is 0 Å². The molecule has 3 N–H and O–H groups in total. The maximum absolute atomic E-state index is 13.9. The normalized spacial score (nSPS) is 12.4. The number of hydrogen-bond donors (Lipinski definition) is 3. The zero-order valence-corrected chi connectivity index (χ0v) is 14.9. The predicted octanol–water partition coefficient (Wildman–Crippen LogP) is 2.69. The lowest BCUT2D eigenvalue weighted by Crippen LogP contribution is -2.39. The Kier molecular flexibility index (Phi) is 6.10. The molecule has 12 heteroatoms. The number of nitrogens with zero attached hydrogens (tertiary/aromatic N) is 2. The quantitative estimate of drug-likeness (QED) is 0.670. The Morgan fingerprint density at radius 1 is 1.28 bits per heavy atom. The number of amides is 2. The Morgan fingerprint density at radius 3 is 2.24 bits per heavy atom. The van der Waals surface area contributed by atoms with E-state index in [9.17, 15) is 22.4 Å². The van der Waals surface area contributed by atoms with Crippen LogP contribution in [0.3, 0.4) is 0 Å². The molecule has 0 atom stereocenters. The van der Waals surface area contributed by atoms with Gasteiger partial charge in [-0.1, -0.05) is 11.6 Å². The fraction of sp³-hybridized carbons (Fsp3) is 0.308. The molecule has 1 rings (SSSR count). The molecule has 0 aliphatic heterocycles. The summed E-state index contributed by atoms with van der Waals surface area (Å²) >= 11 is 5.77. The number of nitrogens with one attached hydrogen (secondary N) is 1. The topological polar surface area (TPSA) is 136 Å². The van der Waals surface area contributed by atoms with Crippen LogP contribution < -0.4 is 9.62 Å². The van der Waals surface area contributed by atoms with Crippen LogP contribution in [0.4, 0.5) is 19.7 Å². The molecule has 0 saturated carbocycles. The standard InChI is InChI=1S/C13H15ClFN3O6S/c1-13(2,3)17-25(23,24)16-6-7-4-10(9(15)5-8(7)14)18(11(19)20)12(21)22/h4-6,17H,1-3H3,(H,19,20)(H,21,22). The van der Waals surface area contributed by atoms with E-state index in [1.165, 1.54) is 0 Å². The van der Waals surface area contributed by atoms with Gasteiger partial charge in [0.2, 0.25) is 0 Å². The molecule has 0 bridgehead atoms. The summed E-state index contributed by atoms with van der Waals surface area (Å²) < 4.78 is 43.0. The van der Waals surface area contributed by atoms with Crippen LogP contribution in [0.15, 0.2) is 16.5 Å². The van der Waals surface area contributed by atoms with Crippen LogP contribution in [-0.2, 0) is 10.2 Å². The molecule has 0 aliphatic carbocycles. The average molecular weight is 396 g/mol. The first-order valence-electron chi connectivity index (χ1n) is 6.58. The van der Waals surface area contributed by atoms with Gasteiger partial charge in [0, 0.05) is 11.1 Å². The van der Waals surface area contributed by atoms with Crippen molar-refractivity contribution in [2.24, 2.45) is 4.40 Å². The number of benzene rings is 1. The zero-order chi connectivity index (χ0) is 19.6. The third kappa shape index (κ3) is 5.96. The Labute approximate surface area is 147 Å². The van der Waals surface area contributed by atoms with Crippen molar-refractivity contribution < 1.29 is 32.6 Å². The summed E-state index contributed by atoms with van der Waals surface area (Å²) in [6, 6.07) is 1.41. The van der Waals surface area contributed by atoms with Gasteiger partial charge in [0.15, 0.2) is 0 Å². The molecular weight excluding hydrogens is 381 g/mol. The van der Waals surface area contributed by atoms with Crippen LogP contribution in [0.1, 0.15) is 26.3 Å². The van der Waals surface area contributed by atoms with Gasteiger partial charge in [-0.2, -0.15) is 22.4 Å². The monoisotopic (exact) mass is 395 g/mol. The second kappa shape index (κ2) is 7.33. The van der Waals surface area contributed by atoms with Gasteiger partial charge in [0.05, 0.1) is 16.9 Å². The number of halogens is 2. The largest absolute Gasteiger partial charge is 0.464 e. The lowest BCUT2D eigenvalue weighted by molar-refractivity contribution is 0.184. The van der Waals surface area contributed by atoms with E-state index in [0.717, 1.165) is 12.3 Å². The molecule has 0 aliphatic rings. The number of carbonyl (C=O) groups is 2. The minimum Gasteiger partial charge on any atom is -0.464 e. The summed E-state index contributed by atoms with van der Waals surface area (Å²) in [5.41, 5.74) is -1.84. The third-order valence-electron chi connectivity index (χ3n) is 2.46. The van der Waals surface area contributed by atoms with E-state index in [2.05, 4.69) is 9.12 Å². The van der Waals surface area contributed by atoms with Gasteiger partial charge in [-0.3, -0.25) is 0 Å². The average Bonchev–Trinajstić information content (AvgIpc) is 2.36. The van der Waals surface area contributed by atoms with Crippen molar-refractivity contribution >= 4 is 45.9 Å². The van der Waals surface area contributed by atoms with Crippen molar-refractivity contribution in [2.75, 3.05) is 4.90 Å². The SMILES string of the molecule is CC(C)(C)NS(=O)(=O)N=Cc1cc(N(C(=O)O)C(=O)O)c(F)cc1Cl. The number of anilines is 1. The molecule has 0 radical (unpaired) electrons. The molecule has 0 spiro atoms. The molecule has 0 fully saturated rings. The van der Waals surface area contributed by atoms with Crippen LogP contribution in [0.5, 0.6) is 0 Å². The highest BCUT2D eigenvalue weighted by atomic mass is 35.5. The Bertz CT molecular complexity index is 821. The lowest BCUT2D eigenvalue weighted by atomic mass is 10.1. The van der Waals surface area contributed by atoms with Gasteiger partial charge in [-0.25, -0.2) is 14.0 Å². The minimum absolute atomic E-state index is 0.190. The number of imide groups is 1. The van der Waals surface area contributed by atoms with E-state index in [4.69, 9.17) is 21.8 Å². The predicted molar refractivity (Wildman–Crippen MR) is 89.3 cm³/mol. The van der Waals surface area contributed by atoms with E-state index in [-0.39, 0.29) is 15.5 Å². The summed E-state index contributed by atoms with van der Waals surface area (Å²) in [5, 5.41) is 17.5. The number of hydrogen-bond acceptors (Lipinski definition) is 4. The van der Waals surface area contributed by atoms with Crippen LogP contribution in [-0.4, -0.2) is 42.6 Å². The van der Waals surface area contributed by atoms with Crippen molar-refractivity contribution in [3.05, 3.63) is 28.5 Å². The van der Waals surface area contributed by atoms with Crippen molar-refractivity contribution in [2.45, 2.75) is 26.3 Å². The van der Waals surface area contributed by atoms with Crippen molar-refractivity contribution in [1.82, 2.24) is 4.72 Å². The third-order valence-corrected chi connectivity index (χ3v) is 4.04. The highest BCUT2D eigenvalue weighted by molar-refractivity contribution is 7.88. The molecule has 0 aromatic heterocycles. The first-order chi connectivity index (χ1) is 11.2. The van der Waals surface area contributed by atoms with Crippen molar-refractivity contribution in [1.29, 1.82) is 0 Å². The molecule has 0 heterocycles. The fourth-order valence-electron chi connectivity index (χ4n) is 1.65. The molecular formula is C13H15ClFN3O6S. The summed E-state index contributed by atoms with van der Waals surface area (Å²) in [5.74, 6) is -1.22. The maximum Gasteiger partial charge on any atom is 0.421 e. The second-order valence-corrected chi connectivity index (χ2v) is 7.56. The molecule has 0 unspecified atom stereocenters. The summed E-state index contributed by atoms with van der Waals surface area (Å²) in [6.45, 7) is 4.75. The molecule has 0 saturated heterocycles. The van der Waals surface area contributed by atoms with Gasteiger partial charge < -0.3 is 10.2 Å². The zero-order valence-electron chi connectivity index (χ0n) is 13.3. The van der Waals surface area contributed by atoms with E-state index in [0.29, 0.717) is 6.07 Å². The van der Waals surface area contributed by atoms with Crippen LogP contribution in [0.2, 0.25) is 5.02 Å². The molecule has 1 aromatic carbocycles. The van der Waals surface area contributed by atoms with Crippen LogP contribution in [0, 0.1) is 5.82 Å². The Morgan fingerprint density at radius 2 is 1.80 bits per heavy atom. The summed E-state index contributed by atoms with van der Waals surface area (Å²) in [6.07, 6.45) is -3.14. The highest BCUT2D eigenvalue weighted by Crippen LogP contribution is 2.26. The van der Waals surface area contributed by atoms with Gasteiger partial charge in [-0.15, -0.1) is 0 Å². The van der Waals surface area contributed by atoms with Crippen molar-refractivity contribution in [3.8, 4) is 0 Å². The van der Waals surface area contributed by atoms with Crippen LogP contribution >= 0.6 is 11.6 Å². The van der Waals surface area contributed by atoms with Gasteiger partial charge >= 0.3 is 22.4 Å². The second-order valence-electron chi connectivity index (χ2n) is 5.79. The smallest absolute Gasteiger partial charge is 0.421 e. The lowest BCUT2D eigenvalue weighted by Gasteiger charge is -2.18. The first-order valence-corrected chi connectivity index (χ1v) is 8.39. The van der Waals surface area contributed by atoms with Gasteiger partial charge in [0.1, 0.15) is 5.82 Å². The molecule has 138 valence electrons. The summed E-state index contributed by atoms with van der Waals surface area (Å²) in [4.78, 5) is 21.7. The van der Waals surface area contributed by atoms with Gasteiger partial charge in [0.25, 0.3) is 0 Å². The van der Waals surface area contributed by atoms with E-state index >= 15 is 0 Å². The first kappa shape index (κ1) is 20.8.